The lowest BCUT2D eigenvalue weighted by atomic mass is 10.0. The van der Waals surface area contributed by atoms with E-state index in [9.17, 15) is 9.90 Å². The van der Waals surface area contributed by atoms with Crippen LogP contribution in [0.4, 0.5) is 0 Å². The van der Waals surface area contributed by atoms with Gasteiger partial charge in [0.05, 0.1) is 18.7 Å². The monoisotopic (exact) mass is 347 g/mol. The van der Waals surface area contributed by atoms with Crippen LogP contribution in [0, 0.1) is 13.8 Å². The maximum atomic E-state index is 12.4. The van der Waals surface area contributed by atoms with Gasteiger partial charge < -0.3 is 10.4 Å². The molecule has 1 heterocycles. The molecule has 1 saturated heterocycles. The first-order valence-corrected chi connectivity index (χ1v) is 9.27. The van der Waals surface area contributed by atoms with Gasteiger partial charge in [0, 0.05) is 32.2 Å². The molecule has 1 aromatic carbocycles. The lowest BCUT2D eigenvalue weighted by molar-refractivity contribution is -0.123. The number of amides is 1. The number of hydrogen-bond acceptors (Lipinski definition) is 4. The Hall–Kier alpha value is -1.43. The SMILES string of the molecule is Cc1ccc([C@H](C)NC(=O)CN2CCN(C[C@H](C)O)[C@@H](C)C2)cc1C. The molecule has 140 valence electrons. The van der Waals surface area contributed by atoms with Gasteiger partial charge in [-0.1, -0.05) is 18.2 Å². The van der Waals surface area contributed by atoms with Crippen LogP contribution in [0.2, 0.25) is 0 Å². The van der Waals surface area contributed by atoms with Crippen LogP contribution in [-0.2, 0) is 4.79 Å². The van der Waals surface area contributed by atoms with Crippen molar-refractivity contribution in [2.75, 3.05) is 32.7 Å². The highest BCUT2D eigenvalue weighted by Gasteiger charge is 2.25. The highest BCUT2D eigenvalue weighted by Crippen LogP contribution is 2.17. The van der Waals surface area contributed by atoms with Gasteiger partial charge in [0.2, 0.25) is 5.91 Å². The number of aryl methyl sites for hydroxylation is 2. The second-order valence-corrected chi connectivity index (χ2v) is 7.56. The summed E-state index contributed by atoms with van der Waals surface area (Å²) in [5, 5.41) is 12.7. The van der Waals surface area contributed by atoms with E-state index in [1.807, 2.05) is 13.8 Å². The first-order chi connectivity index (χ1) is 11.8. The normalized spacial score (nSPS) is 21.8. The van der Waals surface area contributed by atoms with Gasteiger partial charge in [0.25, 0.3) is 0 Å². The lowest BCUT2D eigenvalue weighted by Gasteiger charge is -2.40. The molecule has 0 spiro atoms. The standard InChI is InChI=1S/C20H33N3O2/c1-14-6-7-19(10-15(14)2)18(5)21-20(25)13-22-8-9-23(12-17(4)24)16(3)11-22/h6-7,10,16-18,24H,8-9,11-13H2,1-5H3,(H,21,25)/t16-,17-,18-/m0/s1. The molecular weight excluding hydrogens is 314 g/mol. The molecule has 1 aromatic rings. The highest BCUT2D eigenvalue weighted by atomic mass is 16.3. The van der Waals surface area contributed by atoms with E-state index >= 15 is 0 Å². The van der Waals surface area contributed by atoms with E-state index in [1.165, 1.54) is 11.1 Å². The summed E-state index contributed by atoms with van der Waals surface area (Å²) in [6.45, 7) is 14.0. The molecule has 2 N–H and O–H groups in total. The van der Waals surface area contributed by atoms with Crippen molar-refractivity contribution in [1.29, 1.82) is 0 Å². The highest BCUT2D eigenvalue weighted by molar-refractivity contribution is 5.78. The number of benzene rings is 1. The number of nitrogens with zero attached hydrogens (tertiary/aromatic N) is 2. The fourth-order valence-electron chi connectivity index (χ4n) is 3.43. The Kier molecular flexibility index (Phi) is 6.99. The maximum Gasteiger partial charge on any atom is 0.234 e. The number of carbonyl (C=O) groups is 1. The van der Waals surface area contributed by atoms with E-state index in [0.29, 0.717) is 19.1 Å². The van der Waals surface area contributed by atoms with Crippen LogP contribution in [0.25, 0.3) is 0 Å². The number of piperazine rings is 1. The minimum atomic E-state index is -0.309. The minimum absolute atomic E-state index is 0.0146. The largest absolute Gasteiger partial charge is 0.392 e. The van der Waals surface area contributed by atoms with Crippen molar-refractivity contribution in [3.63, 3.8) is 0 Å². The number of β-amino-alcohol motifs (C(OH)–C–C–N with tert-alkyl or cyclic N) is 1. The van der Waals surface area contributed by atoms with Gasteiger partial charge in [-0.15, -0.1) is 0 Å². The molecule has 1 aliphatic heterocycles. The van der Waals surface area contributed by atoms with E-state index in [4.69, 9.17) is 0 Å². The maximum absolute atomic E-state index is 12.4. The lowest BCUT2D eigenvalue weighted by Crippen LogP contribution is -2.55. The molecule has 0 saturated carbocycles. The van der Waals surface area contributed by atoms with E-state index in [0.717, 1.165) is 25.2 Å². The number of rotatable bonds is 6. The topological polar surface area (TPSA) is 55.8 Å². The Morgan fingerprint density at radius 3 is 2.60 bits per heavy atom. The van der Waals surface area contributed by atoms with Gasteiger partial charge >= 0.3 is 0 Å². The predicted octanol–water partition coefficient (Wildman–Crippen LogP) is 1.87. The van der Waals surface area contributed by atoms with E-state index in [2.05, 4.69) is 54.1 Å². The Balaban J connectivity index is 1.83. The number of carbonyl (C=O) groups excluding carboxylic acids is 1. The van der Waals surface area contributed by atoms with Crippen molar-refractivity contribution in [3.8, 4) is 0 Å². The third kappa shape index (κ3) is 5.80. The van der Waals surface area contributed by atoms with Crippen molar-refractivity contribution in [2.45, 2.75) is 52.8 Å². The van der Waals surface area contributed by atoms with E-state index < -0.39 is 0 Å². The Morgan fingerprint density at radius 1 is 1.28 bits per heavy atom. The molecule has 1 amide bonds. The third-order valence-corrected chi connectivity index (χ3v) is 5.12. The molecular formula is C20H33N3O2. The fraction of sp³-hybridized carbons (Fsp3) is 0.650. The summed E-state index contributed by atoms with van der Waals surface area (Å²) >= 11 is 0. The first kappa shape index (κ1) is 19.9. The van der Waals surface area contributed by atoms with Crippen LogP contribution >= 0.6 is 0 Å². The minimum Gasteiger partial charge on any atom is -0.392 e. The molecule has 1 fully saturated rings. The molecule has 3 atom stereocenters. The van der Waals surface area contributed by atoms with Crippen molar-refractivity contribution in [1.82, 2.24) is 15.1 Å². The zero-order valence-corrected chi connectivity index (χ0v) is 16.2. The number of aliphatic hydroxyl groups is 1. The van der Waals surface area contributed by atoms with Gasteiger partial charge in [0.15, 0.2) is 0 Å². The van der Waals surface area contributed by atoms with Crippen LogP contribution in [0.15, 0.2) is 18.2 Å². The predicted molar refractivity (Wildman–Crippen MR) is 102 cm³/mol. The summed E-state index contributed by atoms with van der Waals surface area (Å²) in [4.78, 5) is 16.9. The van der Waals surface area contributed by atoms with Crippen LogP contribution in [0.1, 0.15) is 43.5 Å². The van der Waals surface area contributed by atoms with Crippen LogP contribution in [0.3, 0.4) is 0 Å². The average molecular weight is 348 g/mol. The summed E-state index contributed by atoms with van der Waals surface area (Å²) in [6, 6.07) is 6.71. The molecule has 0 aromatic heterocycles. The third-order valence-electron chi connectivity index (χ3n) is 5.12. The van der Waals surface area contributed by atoms with Crippen molar-refractivity contribution >= 4 is 5.91 Å². The van der Waals surface area contributed by atoms with Crippen molar-refractivity contribution in [2.24, 2.45) is 0 Å². The summed E-state index contributed by atoms with van der Waals surface area (Å²) in [5.74, 6) is 0.0712. The number of nitrogens with one attached hydrogen (secondary N) is 1. The Labute approximate surface area is 152 Å². The van der Waals surface area contributed by atoms with Gasteiger partial charge in [0.1, 0.15) is 0 Å². The molecule has 0 bridgehead atoms. The van der Waals surface area contributed by atoms with E-state index in [-0.39, 0.29) is 18.1 Å². The van der Waals surface area contributed by atoms with Crippen molar-refractivity contribution < 1.29 is 9.90 Å². The molecule has 1 aliphatic rings. The smallest absolute Gasteiger partial charge is 0.234 e. The second kappa shape index (κ2) is 8.79. The molecule has 0 aliphatic carbocycles. The molecule has 25 heavy (non-hydrogen) atoms. The number of aliphatic hydroxyl groups excluding tert-OH is 1. The molecule has 5 heteroatoms. The second-order valence-electron chi connectivity index (χ2n) is 7.56. The Morgan fingerprint density at radius 2 is 2.00 bits per heavy atom. The molecule has 5 nitrogen and oxygen atoms in total. The number of hydrogen-bond donors (Lipinski definition) is 2. The quantitative estimate of drug-likeness (QED) is 0.825. The summed E-state index contributed by atoms with van der Waals surface area (Å²) < 4.78 is 0. The van der Waals surface area contributed by atoms with Gasteiger partial charge in [-0.05, 0) is 51.3 Å². The zero-order valence-electron chi connectivity index (χ0n) is 16.2. The van der Waals surface area contributed by atoms with Crippen LogP contribution in [-0.4, -0.2) is 65.7 Å². The van der Waals surface area contributed by atoms with Gasteiger partial charge in [-0.3, -0.25) is 14.6 Å². The summed E-state index contributed by atoms with van der Waals surface area (Å²) in [7, 11) is 0. The zero-order chi connectivity index (χ0) is 18.6. The molecule has 0 radical (unpaired) electrons. The van der Waals surface area contributed by atoms with Crippen molar-refractivity contribution in [3.05, 3.63) is 34.9 Å². The molecule has 0 unspecified atom stereocenters. The summed E-state index contributed by atoms with van der Waals surface area (Å²) in [5.41, 5.74) is 3.67. The van der Waals surface area contributed by atoms with Crippen LogP contribution in [0.5, 0.6) is 0 Å². The van der Waals surface area contributed by atoms with E-state index in [1.54, 1.807) is 0 Å². The van der Waals surface area contributed by atoms with Gasteiger partial charge in [-0.2, -0.15) is 0 Å². The average Bonchev–Trinajstić information content (AvgIpc) is 2.52. The summed E-state index contributed by atoms with van der Waals surface area (Å²) in [6.07, 6.45) is -0.309. The first-order valence-electron chi connectivity index (χ1n) is 9.27. The molecule has 2 rings (SSSR count). The fourth-order valence-corrected chi connectivity index (χ4v) is 3.43. The van der Waals surface area contributed by atoms with Crippen LogP contribution < -0.4 is 5.32 Å². The van der Waals surface area contributed by atoms with Gasteiger partial charge in [-0.25, -0.2) is 0 Å². The Bertz CT molecular complexity index is 588.